The zero-order chi connectivity index (χ0) is 21.9. The molecule has 7 nitrogen and oxygen atoms in total. The van der Waals surface area contributed by atoms with E-state index in [4.69, 9.17) is 9.47 Å². The zero-order valence-electron chi connectivity index (χ0n) is 17.5. The highest BCUT2D eigenvalue weighted by Crippen LogP contribution is 2.32. The lowest BCUT2D eigenvalue weighted by Gasteiger charge is -2.19. The lowest BCUT2D eigenvalue weighted by Crippen LogP contribution is -2.28. The Kier molecular flexibility index (Phi) is 6.84. The number of ether oxygens (including phenoxy) is 2. The highest BCUT2D eigenvalue weighted by molar-refractivity contribution is 7.89. The molecule has 0 aliphatic heterocycles. The van der Waals surface area contributed by atoms with Crippen molar-refractivity contribution in [1.82, 2.24) is 9.29 Å². The summed E-state index contributed by atoms with van der Waals surface area (Å²) in [6.07, 6.45) is 1.38. The monoisotopic (exact) mass is 450 g/mol. The van der Waals surface area contributed by atoms with Crippen LogP contribution >= 0.6 is 11.3 Å². The first-order valence-electron chi connectivity index (χ1n) is 9.72. The maximum Gasteiger partial charge on any atom is 0.308 e. The van der Waals surface area contributed by atoms with Crippen LogP contribution in [0.25, 0.3) is 10.2 Å². The Morgan fingerprint density at radius 3 is 2.43 bits per heavy atom. The van der Waals surface area contributed by atoms with Crippen molar-refractivity contribution in [1.29, 1.82) is 0 Å². The molecular weight excluding hydrogens is 424 g/mol. The van der Waals surface area contributed by atoms with Crippen LogP contribution in [0.3, 0.4) is 0 Å². The fourth-order valence-corrected chi connectivity index (χ4v) is 5.73. The van der Waals surface area contributed by atoms with E-state index < -0.39 is 16.1 Å². The summed E-state index contributed by atoms with van der Waals surface area (Å²) in [5, 5.41) is 0. The molecule has 162 valence electrons. The van der Waals surface area contributed by atoms with E-state index in [-0.39, 0.29) is 9.77 Å². The minimum atomic E-state index is -3.79. The van der Waals surface area contributed by atoms with Crippen molar-refractivity contribution in [2.75, 3.05) is 14.2 Å². The maximum absolute atomic E-state index is 13.1. The first-order chi connectivity index (χ1) is 14.3. The van der Waals surface area contributed by atoms with Gasteiger partial charge in [-0.1, -0.05) is 31.3 Å². The molecule has 1 aromatic heterocycles. The molecule has 3 aromatic rings. The molecule has 2 aromatic carbocycles. The van der Waals surface area contributed by atoms with E-state index in [1.807, 2.05) is 19.9 Å². The van der Waals surface area contributed by atoms with Gasteiger partial charge in [0.05, 0.1) is 29.3 Å². The van der Waals surface area contributed by atoms with Gasteiger partial charge < -0.3 is 9.47 Å². The summed E-state index contributed by atoms with van der Waals surface area (Å²) in [5.41, 5.74) is 1.54. The number of fused-ring (bicyclic) bond motifs is 1. The average Bonchev–Trinajstić information content (AvgIpc) is 3.06. The minimum Gasteiger partial charge on any atom is -0.493 e. The van der Waals surface area contributed by atoms with Crippen molar-refractivity contribution < 1.29 is 17.9 Å². The van der Waals surface area contributed by atoms with Gasteiger partial charge in [-0.3, -0.25) is 9.36 Å². The lowest BCUT2D eigenvalue weighted by molar-refractivity contribution is 0.354. The topological polar surface area (TPSA) is 86.6 Å². The summed E-state index contributed by atoms with van der Waals surface area (Å²) in [5.74, 6) is 1.12. The fourth-order valence-electron chi connectivity index (χ4n) is 3.36. The highest BCUT2D eigenvalue weighted by Gasteiger charge is 2.22. The van der Waals surface area contributed by atoms with Gasteiger partial charge in [0.2, 0.25) is 10.0 Å². The summed E-state index contributed by atoms with van der Waals surface area (Å²) >= 11 is 1.06. The second kappa shape index (κ2) is 9.20. The normalized spacial score (nSPS) is 12.8. The SMILES string of the molecule is CCCn1c(=O)sc2cc(S(=O)(=O)N[C@H](CC)c3ccc(OC)c(OC)c3)ccc21. The molecule has 0 aliphatic rings. The van der Waals surface area contributed by atoms with Gasteiger partial charge in [0.15, 0.2) is 11.5 Å². The molecule has 0 aliphatic carbocycles. The van der Waals surface area contributed by atoms with Crippen LogP contribution in [-0.4, -0.2) is 27.2 Å². The zero-order valence-corrected chi connectivity index (χ0v) is 19.1. The van der Waals surface area contributed by atoms with Crippen LogP contribution in [0.4, 0.5) is 0 Å². The molecule has 0 unspecified atom stereocenters. The first kappa shape index (κ1) is 22.3. The smallest absolute Gasteiger partial charge is 0.308 e. The summed E-state index contributed by atoms with van der Waals surface area (Å²) in [7, 11) is -0.698. The Labute approximate surface area is 180 Å². The van der Waals surface area contributed by atoms with Crippen molar-refractivity contribution in [3.63, 3.8) is 0 Å². The number of benzene rings is 2. The molecule has 30 heavy (non-hydrogen) atoms. The second-order valence-corrected chi connectivity index (χ2v) is 9.55. The molecule has 1 heterocycles. The third-order valence-corrected chi connectivity index (χ3v) is 7.32. The number of nitrogens with one attached hydrogen (secondary N) is 1. The van der Waals surface area contributed by atoms with Crippen molar-refractivity contribution in [2.24, 2.45) is 0 Å². The molecule has 9 heteroatoms. The summed E-state index contributed by atoms with van der Waals surface area (Å²) in [4.78, 5) is 12.3. The van der Waals surface area contributed by atoms with E-state index in [0.717, 1.165) is 28.8 Å². The Hall–Kier alpha value is -2.36. The van der Waals surface area contributed by atoms with Crippen molar-refractivity contribution in [2.45, 2.75) is 44.2 Å². The van der Waals surface area contributed by atoms with Gasteiger partial charge in [-0.15, -0.1) is 0 Å². The molecule has 0 amide bonds. The quantitative estimate of drug-likeness (QED) is 0.534. The molecule has 1 atom stereocenters. The standard InChI is InChI=1S/C21H26N2O5S2/c1-5-11-23-17-9-8-15(13-20(17)29-21(23)24)30(25,26)22-16(6-2)14-7-10-18(27-3)19(12-14)28-4/h7-10,12-13,16,22H,5-6,11H2,1-4H3/t16-/m1/s1. The van der Waals surface area contributed by atoms with Crippen LogP contribution in [0.2, 0.25) is 0 Å². The largest absolute Gasteiger partial charge is 0.493 e. The van der Waals surface area contributed by atoms with Gasteiger partial charge in [0.25, 0.3) is 0 Å². The predicted molar refractivity (Wildman–Crippen MR) is 119 cm³/mol. The molecule has 0 fully saturated rings. The number of hydrogen-bond donors (Lipinski definition) is 1. The van der Waals surface area contributed by atoms with E-state index in [2.05, 4.69) is 4.72 Å². The molecular formula is C21H26N2O5S2. The molecule has 0 radical (unpaired) electrons. The highest BCUT2D eigenvalue weighted by atomic mass is 32.2. The molecule has 0 saturated carbocycles. The van der Waals surface area contributed by atoms with Crippen LogP contribution < -0.4 is 19.1 Å². The van der Waals surface area contributed by atoms with Crippen LogP contribution in [0.1, 0.15) is 38.3 Å². The molecule has 3 rings (SSSR count). The Balaban J connectivity index is 1.93. The van der Waals surface area contributed by atoms with Gasteiger partial charge in [-0.25, -0.2) is 13.1 Å². The minimum absolute atomic E-state index is 0.0777. The average molecular weight is 451 g/mol. The third-order valence-electron chi connectivity index (χ3n) is 4.91. The van der Waals surface area contributed by atoms with E-state index in [1.54, 1.807) is 42.0 Å². The number of thiazole rings is 1. The Bertz CT molecular complexity index is 1200. The molecule has 1 N–H and O–H groups in total. The summed E-state index contributed by atoms with van der Waals surface area (Å²) in [6, 6.07) is 9.73. The summed E-state index contributed by atoms with van der Waals surface area (Å²) < 4.78 is 41.8. The molecule has 0 bridgehead atoms. The van der Waals surface area contributed by atoms with Crippen molar-refractivity contribution >= 4 is 31.6 Å². The van der Waals surface area contributed by atoms with E-state index in [0.29, 0.717) is 29.2 Å². The number of aryl methyl sites for hydroxylation is 1. The van der Waals surface area contributed by atoms with E-state index in [1.165, 1.54) is 7.11 Å². The van der Waals surface area contributed by atoms with Crippen LogP contribution in [0.5, 0.6) is 11.5 Å². The third kappa shape index (κ3) is 4.38. The van der Waals surface area contributed by atoms with Gasteiger partial charge in [-0.05, 0) is 48.7 Å². The Morgan fingerprint density at radius 1 is 1.07 bits per heavy atom. The predicted octanol–water partition coefficient (Wildman–Crippen LogP) is 3.92. The molecule has 0 spiro atoms. The van der Waals surface area contributed by atoms with E-state index in [9.17, 15) is 13.2 Å². The van der Waals surface area contributed by atoms with Gasteiger partial charge in [0, 0.05) is 12.6 Å². The van der Waals surface area contributed by atoms with Crippen LogP contribution in [0, 0.1) is 0 Å². The van der Waals surface area contributed by atoms with Crippen LogP contribution in [0.15, 0.2) is 46.1 Å². The number of rotatable bonds is 9. The summed E-state index contributed by atoms with van der Waals surface area (Å²) in [6.45, 7) is 4.52. The second-order valence-electron chi connectivity index (χ2n) is 6.85. The van der Waals surface area contributed by atoms with Gasteiger partial charge >= 0.3 is 4.87 Å². The van der Waals surface area contributed by atoms with Crippen LogP contribution in [-0.2, 0) is 16.6 Å². The first-order valence-corrected chi connectivity index (χ1v) is 12.0. The van der Waals surface area contributed by atoms with E-state index >= 15 is 0 Å². The number of hydrogen-bond acceptors (Lipinski definition) is 6. The van der Waals surface area contributed by atoms with Crippen molar-refractivity contribution in [3.8, 4) is 11.5 Å². The number of methoxy groups -OCH3 is 2. The van der Waals surface area contributed by atoms with Crippen molar-refractivity contribution in [3.05, 3.63) is 51.6 Å². The number of sulfonamides is 1. The van der Waals surface area contributed by atoms with Gasteiger partial charge in [0.1, 0.15) is 0 Å². The molecule has 0 saturated heterocycles. The Morgan fingerprint density at radius 2 is 1.80 bits per heavy atom. The number of nitrogens with zero attached hydrogens (tertiary/aromatic N) is 1. The number of aromatic nitrogens is 1. The fraction of sp³-hybridized carbons (Fsp3) is 0.381. The van der Waals surface area contributed by atoms with Gasteiger partial charge in [-0.2, -0.15) is 0 Å². The lowest BCUT2D eigenvalue weighted by atomic mass is 10.1. The maximum atomic E-state index is 13.1.